The average molecular weight is 485 g/mol. The van der Waals surface area contributed by atoms with Gasteiger partial charge in [-0.1, -0.05) is 30.9 Å². The molecule has 6 heteroatoms. The van der Waals surface area contributed by atoms with Crippen molar-refractivity contribution in [3.8, 4) is 11.5 Å². The normalized spacial score (nSPS) is 24.1. The van der Waals surface area contributed by atoms with Gasteiger partial charge in [-0.2, -0.15) is 0 Å². The summed E-state index contributed by atoms with van der Waals surface area (Å²) in [6.45, 7) is 5.66. The second kappa shape index (κ2) is 11.1. The minimum absolute atomic E-state index is 0.0312. The molecule has 2 fully saturated rings. The molecule has 0 N–H and O–H groups in total. The molecule has 3 nitrogen and oxygen atoms in total. The highest BCUT2D eigenvalue weighted by atomic mass is 19.2. The zero-order valence-electron chi connectivity index (χ0n) is 19.9. The van der Waals surface area contributed by atoms with E-state index >= 15 is 4.39 Å². The van der Waals surface area contributed by atoms with Crippen LogP contribution in [0.4, 0.5) is 13.2 Å². The Morgan fingerprint density at radius 3 is 2.54 bits per heavy atom. The second-order valence-electron chi connectivity index (χ2n) is 9.54. The summed E-state index contributed by atoms with van der Waals surface area (Å²) in [4.78, 5) is 12.5. The van der Waals surface area contributed by atoms with Crippen molar-refractivity contribution >= 4 is 5.97 Å². The van der Waals surface area contributed by atoms with E-state index in [-0.39, 0.29) is 24.0 Å². The van der Waals surface area contributed by atoms with Crippen molar-refractivity contribution in [2.24, 2.45) is 17.8 Å². The molecule has 0 spiro atoms. The van der Waals surface area contributed by atoms with Gasteiger partial charge in [-0.25, -0.2) is 18.0 Å². The zero-order chi connectivity index (χ0) is 24.9. The summed E-state index contributed by atoms with van der Waals surface area (Å²) in [7, 11) is 0. The van der Waals surface area contributed by atoms with Gasteiger partial charge in [0, 0.05) is 6.07 Å². The Kier molecular flexibility index (Phi) is 7.99. The largest absolute Gasteiger partial charge is 0.486 e. The third-order valence-corrected chi connectivity index (χ3v) is 7.36. The third-order valence-electron chi connectivity index (χ3n) is 7.36. The van der Waals surface area contributed by atoms with Crippen molar-refractivity contribution in [2.45, 2.75) is 51.4 Å². The summed E-state index contributed by atoms with van der Waals surface area (Å²) < 4.78 is 54.4. The molecule has 0 radical (unpaired) electrons. The number of rotatable bonds is 7. The Labute approximate surface area is 204 Å². The Morgan fingerprint density at radius 1 is 1.03 bits per heavy atom. The highest BCUT2D eigenvalue weighted by Gasteiger charge is 2.36. The summed E-state index contributed by atoms with van der Waals surface area (Å²) in [5.74, 6) is -2.48. The number of allylic oxidation sites excluding steroid dienone is 2. The minimum atomic E-state index is -1.22. The van der Waals surface area contributed by atoms with Crippen molar-refractivity contribution in [2.75, 3.05) is 6.61 Å². The predicted octanol–water partition coefficient (Wildman–Crippen LogP) is 7.76. The number of halogens is 3. The van der Waals surface area contributed by atoms with E-state index in [1.165, 1.54) is 36.8 Å². The lowest BCUT2D eigenvalue weighted by Crippen LogP contribution is -2.30. The summed E-state index contributed by atoms with van der Waals surface area (Å²) in [6, 6.07) is 6.35. The summed E-state index contributed by atoms with van der Waals surface area (Å²) >= 11 is 0. The third kappa shape index (κ3) is 5.63. The first-order valence-electron chi connectivity index (χ1n) is 12.3. The lowest BCUT2D eigenvalue weighted by atomic mass is 9.64. The van der Waals surface area contributed by atoms with Crippen LogP contribution in [0.2, 0.25) is 0 Å². The lowest BCUT2D eigenvalue weighted by molar-refractivity contribution is 0.0727. The molecule has 4 atom stereocenters. The summed E-state index contributed by atoms with van der Waals surface area (Å²) in [5, 5.41) is 0. The van der Waals surface area contributed by atoms with E-state index in [2.05, 4.69) is 18.7 Å². The Balaban J connectivity index is 1.44. The van der Waals surface area contributed by atoms with Crippen LogP contribution >= 0.6 is 0 Å². The molecule has 0 aromatic heterocycles. The van der Waals surface area contributed by atoms with E-state index in [1.807, 2.05) is 6.92 Å². The van der Waals surface area contributed by atoms with E-state index in [9.17, 15) is 13.6 Å². The lowest BCUT2D eigenvalue weighted by Gasteiger charge is -2.42. The number of fused-ring (bicyclic) bond motifs is 1. The van der Waals surface area contributed by atoms with E-state index in [1.54, 1.807) is 0 Å². The van der Waals surface area contributed by atoms with Gasteiger partial charge in [-0.15, -0.1) is 0 Å². The molecular formula is C29H31F3O3. The average Bonchev–Trinajstić information content (AvgIpc) is 2.85. The maximum atomic E-state index is 15.1. The molecule has 4 unspecified atom stereocenters. The smallest absolute Gasteiger partial charge is 0.346 e. The van der Waals surface area contributed by atoms with Crippen molar-refractivity contribution in [1.29, 1.82) is 0 Å². The molecule has 4 rings (SSSR count). The van der Waals surface area contributed by atoms with Gasteiger partial charge in [0.1, 0.15) is 12.4 Å². The highest BCUT2D eigenvalue weighted by molar-refractivity contribution is 5.91. The van der Waals surface area contributed by atoms with Crippen LogP contribution in [0.1, 0.15) is 67.3 Å². The molecule has 35 heavy (non-hydrogen) atoms. The van der Waals surface area contributed by atoms with Gasteiger partial charge in [0.05, 0.1) is 5.56 Å². The molecule has 2 aliphatic rings. The minimum Gasteiger partial charge on any atom is -0.486 e. The number of carbonyl (C=O) groups excluding carboxylic acids is 1. The van der Waals surface area contributed by atoms with Crippen LogP contribution < -0.4 is 9.47 Å². The van der Waals surface area contributed by atoms with Crippen LogP contribution in [-0.4, -0.2) is 12.6 Å². The van der Waals surface area contributed by atoms with Crippen LogP contribution in [0, 0.1) is 35.2 Å². The van der Waals surface area contributed by atoms with Gasteiger partial charge in [0.25, 0.3) is 0 Å². The number of hydrogen-bond acceptors (Lipinski definition) is 3. The first-order valence-corrected chi connectivity index (χ1v) is 12.3. The fourth-order valence-corrected chi connectivity index (χ4v) is 5.67. The Bertz CT molecular complexity index is 1110. The van der Waals surface area contributed by atoms with Crippen LogP contribution in [-0.2, 0) is 0 Å². The second-order valence-corrected chi connectivity index (χ2v) is 9.54. The molecule has 2 aromatic carbocycles. The summed E-state index contributed by atoms with van der Waals surface area (Å²) in [5.41, 5.74) is -0.193. The van der Waals surface area contributed by atoms with E-state index in [0.717, 1.165) is 38.2 Å². The molecule has 0 heterocycles. The molecule has 186 valence electrons. The fourth-order valence-electron chi connectivity index (χ4n) is 5.67. The van der Waals surface area contributed by atoms with Gasteiger partial charge < -0.3 is 9.47 Å². The highest BCUT2D eigenvalue weighted by Crippen LogP contribution is 2.48. The van der Waals surface area contributed by atoms with Crippen LogP contribution in [0.15, 0.2) is 55.1 Å². The Hall–Kier alpha value is -3.02. The number of esters is 1. The molecular weight excluding hydrogens is 453 g/mol. The Morgan fingerprint density at radius 2 is 1.80 bits per heavy atom. The van der Waals surface area contributed by atoms with Crippen LogP contribution in [0.25, 0.3) is 0 Å². The van der Waals surface area contributed by atoms with E-state index in [4.69, 9.17) is 9.47 Å². The van der Waals surface area contributed by atoms with Crippen molar-refractivity contribution in [3.63, 3.8) is 0 Å². The number of benzene rings is 2. The standard InChI is InChI=1S/C29H31F3O3/c1-3-5-18-6-7-20-16-21(9-8-19(20)15-18)23-11-12-24(28(32)27(23)31)29(33)35-22-10-13-26(25(30)17-22)34-14-4-2/h3-5,10-13,17-21H,2,6-9,14-16H2,1H3/b5-3+. The van der Waals surface area contributed by atoms with E-state index in [0.29, 0.717) is 23.3 Å². The molecule has 0 saturated heterocycles. The SMILES string of the molecule is C=CCOc1ccc(OC(=O)c2ccc(C3CCC4CC(/C=C/C)CCC4C3)c(F)c2F)cc1F. The maximum Gasteiger partial charge on any atom is 0.346 e. The maximum absolute atomic E-state index is 15.1. The molecule has 0 amide bonds. The van der Waals surface area contributed by atoms with Gasteiger partial charge in [-0.3, -0.25) is 0 Å². The predicted molar refractivity (Wildman–Crippen MR) is 129 cm³/mol. The van der Waals surface area contributed by atoms with Gasteiger partial charge in [0.2, 0.25) is 0 Å². The van der Waals surface area contributed by atoms with Crippen LogP contribution in [0.5, 0.6) is 11.5 Å². The topological polar surface area (TPSA) is 35.5 Å². The quantitative estimate of drug-likeness (QED) is 0.229. The van der Waals surface area contributed by atoms with Crippen molar-refractivity contribution in [1.82, 2.24) is 0 Å². The van der Waals surface area contributed by atoms with Gasteiger partial charge >= 0.3 is 5.97 Å². The van der Waals surface area contributed by atoms with Crippen LogP contribution in [0.3, 0.4) is 0 Å². The van der Waals surface area contributed by atoms with Crippen molar-refractivity contribution < 1.29 is 27.4 Å². The molecule has 2 aromatic rings. The number of ether oxygens (including phenoxy) is 2. The molecule has 0 aliphatic heterocycles. The monoisotopic (exact) mass is 484 g/mol. The van der Waals surface area contributed by atoms with Gasteiger partial charge in [0.15, 0.2) is 23.2 Å². The van der Waals surface area contributed by atoms with Crippen molar-refractivity contribution in [3.05, 3.63) is 83.7 Å². The first-order chi connectivity index (χ1) is 16.9. The molecule has 2 saturated carbocycles. The first kappa shape index (κ1) is 25.1. The van der Waals surface area contributed by atoms with E-state index < -0.39 is 29.0 Å². The fraction of sp³-hybridized carbons (Fsp3) is 0.414. The zero-order valence-corrected chi connectivity index (χ0v) is 19.9. The summed E-state index contributed by atoms with van der Waals surface area (Å²) in [6.07, 6.45) is 11.9. The molecule has 0 bridgehead atoms. The van der Waals surface area contributed by atoms with Gasteiger partial charge in [-0.05, 0) is 92.9 Å². The molecule has 2 aliphatic carbocycles. The number of hydrogen-bond donors (Lipinski definition) is 0. The number of carbonyl (C=O) groups is 1.